The molecule has 0 saturated heterocycles. The zero-order valence-corrected chi connectivity index (χ0v) is 40.4. The average Bonchev–Trinajstić information content (AvgIpc) is 3.45. The van der Waals surface area contributed by atoms with Gasteiger partial charge in [0, 0.05) is 23.7 Å². The second-order valence-electron chi connectivity index (χ2n) is 22.0. The predicted molar refractivity (Wildman–Crippen MR) is 216 cm³/mol. The van der Waals surface area contributed by atoms with Crippen LogP contribution in [0, 0.1) is 56.7 Å². The van der Waals surface area contributed by atoms with Crippen LogP contribution in [-0.4, -0.2) is 111 Å². The summed E-state index contributed by atoms with van der Waals surface area (Å²) in [5.74, 6) is 2.61. The van der Waals surface area contributed by atoms with E-state index in [4.69, 9.17) is 9.47 Å². The van der Waals surface area contributed by atoms with Crippen molar-refractivity contribution in [2.45, 2.75) is 138 Å². The average molecular weight is 919 g/mol. The monoisotopic (exact) mass is 916 g/mol. The number of hydrogen-bond donors (Lipinski definition) is 2. The van der Waals surface area contributed by atoms with Crippen molar-refractivity contribution in [3.63, 3.8) is 0 Å². The van der Waals surface area contributed by atoms with Gasteiger partial charge in [-0.1, -0.05) is 46.8 Å². The van der Waals surface area contributed by atoms with E-state index >= 15 is 0 Å². The minimum Gasteiger partial charge on any atom is -1.00 e. The number of aliphatic hydroxyl groups is 2. The van der Waals surface area contributed by atoms with Gasteiger partial charge in [-0.25, -0.2) is 0 Å². The van der Waals surface area contributed by atoms with Crippen LogP contribution in [0.3, 0.4) is 0 Å². The van der Waals surface area contributed by atoms with Crippen molar-refractivity contribution in [1.82, 2.24) is 0 Å². The van der Waals surface area contributed by atoms with E-state index in [-0.39, 0.29) is 92.3 Å². The Labute approximate surface area is 363 Å². The largest absolute Gasteiger partial charge is 1.00 e. The smallest absolute Gasteiger partial charge is 0.306 e. The Morgan fingerprint density at radius 1 is 0.696 bits per heavy atom. The van der Waals surface area contributed by atoms with Gasteiger partial charge in [-0.3, -0.25) is 9.59 Å². The molecule has 8 nitrogen and oxygen atoms in total. The summed E-state index contributed by atoms with van der Waals surface area (Å²) < 4.78 is 14.1. The molecule has 5 aliphatic carbocycles. The Balaban J connectivity index is 0.00000420. The number of carbonyl (C=O) groups excluding carboxylic acids is 2. The predicted octanol–water partition coefficient (Wildman–Crippen LogP) is 1.80. The van der Waals surface area contributed by atoms with Crippen LogP contribution >= 0.6 is 0 Å². The van der Waals surface area contributed by atoms with Crippen LogP contribution in [-0.2, 0) is 19.1 Å². The van der Waals surface area contributed by atoms with E-state index in [9.17, 15) is 19.8 Å². The SMILES string of the molecule is C=C(C)C1CCC2(COC(=O)CCC[N+](C)(C)CCO)CC[C@@]3(C)C(CCC4[C@@]5(C)CCC(OC(=O)CCC[N+](C)(C)CCO)C(C)(C)C5CC[C@]43C)C12.[Br-].[Br-]. The summed E-state index contributed by atoms with van der Waals surface area (Å²) in [7, 11) is 8.43. The lowest BCUT2D eigenvalue weighted by Gasteiger charge is -2.73. The zero-order chi connectivity index (χ0) is 40.0. The number of carbonyl (C=O) groups is 2. The molecular weight excluding hydrogens is 836 g/mol. The lowest BCUT2D eigenvalue weighted by atomic mass is 9.32. The molecule has 5 fully saturated rings. The molecule has 0 heterocycles. The maximum Gasteiger partial charge on any atom is 0.306 e. The normalized spacial score (nSPS) is 37.4. The Morgan fingerprint density at radius 2 is 1.29 bits per heavy atom. The molecule has 5 saturated carbocycles. The number of rotatable bonds is 16. The van der Waals surface area contributed by atoms with Gasteiger partial charge in [-0.15, -0.1) is 0 Å². The van der Waals surface area contributed by atoms with E-state index in [2.05, 4.69) is 76.3 Å². The molecule has 0 aromatic heterocycles. The van der Waals surface area contributed by atoms with Gasteiger partial charge in [0.2, 0.25) is 0 Å². The summed E-state index contributed by atoms with van der Waals surface area (Å²) in [6.07, 6.45) is 14.0. The van der Waals surface area contributed by atoms with E-state index < -0.39 is 0 Å². The van der Waals surface area contributed by atoms with Crippen LogP contribution < -0.4 is 34.0 Å². The highest BCUT2D eigenvalue weighted by atomic mass is 79.9. The molecule has 0 spiro atoms. The number of esters is 2. The number of nitrogens with zero attached hydrogens (tertiary/aromatic N) is 2. The van der Waals surface area contributed by atoms with E-state index in [0.29, 0.717) is 71.1 Å². The molecule has 2 N–H and O–H groups in total. The topological polar surface area (TPSA) is 93.1 Å². The number of aliphatic hydroxyl groups excluding tert-OH is 2. The number of ether oxygens (including phenoxy) is 2. The van der Waals surface area contributed by atoms with Crippen molar-refractivity contribution < 1.29 is 72.2 Å². The molecule has 56 heavy (non-hydrogen) atoms. The third-order valence-corrected chi connectivity index (χ3v) is 17.7. The van der Waals surface area contributed by atoms with Gasteiger partial charge in [0.25, 0.3) is 0 Å². The number of fused-ring (bicyclic) bond motifs is 7. The molecule has 0 aromatic rings. The Hall–Kier alpha value is -0.520. The summed E-state index contributed by atoms with van der Waals surface area (Å²) in [5, 5.41) is 18.8. The van der Waals surface area contributed by atoms with Crippen LogP contribution in [0.2, 0.25) is 0 Å². The zero-order valence-electron chi connectivity index (χ0n) is 37.2. The molecule has 0 radical (unpaired) electrons. The second kappa shape index (κ2) is 18.6. The Morgan fingerprint density at radius 3 is 1.86 bits per heavy atom. The fourth-order valence-electron chi connectivity index (χ4n) is 14.3. The number of likely N-dealkylation sites (N-methyl/N-ethyl adjacent to an activating group) is 2. The van der Waals surface area contributed by atoms with Crippen molar-refractivity contribution in [2.24, 2.45) is 56.7 Å². The minimum absolute atomic E-state index is 0. The van der Waals surface area contributed by atoms with E-state index in [1.165, 1.54) is 37.7 Å². The van der Waals surface area contributed by atoms with Crippen molar-refractivity contribution in [2.75, 3.05) is 74.2 Å². The van der Waals surface area contributed by atoms with Crippen LogP contribution in [0.25, 0.3) is 0 Å². The second-order valence-corrected chi connectivity index (χ2v) is 22.0. The summed E-state index contributed by atoms with van der Waals surface area (Å²) >= 11 is 0. The minimum atomic E-state index is -0.0797. The number of hydrogen-bond acceptors (Lipinski definition) is 6. The molecule has 5 rings (SSSR count). The van der Waals surface area contributed by atoms with E-state index in [0.717, 1.165) is 58.0 Å². The van der Waals surface area contributed by atoms with Gasteiger partial charge in [0.05, 0.1) is 73.9 Å². The van der Waals surface area contributed by atoms with Crippen molar-refractivity contribution in [3.8, 4) is 0 Å². The summed E-state index contributed by atoms with van der Waals surface area (Å²) in [6, 6.07) is 0. The Kier molecular flexibility index (Phi) is 16.6. The van der Waals surface area contributed by atoms with Crippen LogP contribution in [0.15, 0.2) is 12.2 Å². The van der Waals surface area contributed by atoms with Crippen molar-refractivity contribution in [3.05, 3.63) is 12.2 Å². The van der Waals surface area contributed by atoms with E-state index in [1.807, 2.05) is 0 Å². The quantitative estimate of drug-likeness (QED) is 0.140. The first kappa shape index (κ1) is 49.8. The van der Waals surface area contributed by atoms with Gasteiger partial charge in [0.1, 0.15) is 19.2 Å². The maximum atomic E-state index is 13.2. The molecule has 7 unspecified atom stereocenters. The molecule has 0 amide bonds. The molecule has 10 atom stereocenters. The highest BCUT2D eigenvalue weighted by Crippen LogP contribution is 2.77. The van der Waals surface area contributed by atoms with Crippen molar-refractivity contribution >= 4 is 11.9 Å². The fourth-order valence-corrected chi connectivity index (χ4v) is 14.3. The van der Waals surface area contributed by atoms with Crippen molar-refractivity contribution in [1.29, 1.82) is 0 Å². The first-order chi connectivity index (χ1) is 25.1. The number of allylic oxidation sites excluding steroid dienone is 1. The van der Waals surface area contributed by atoms with Gasteiger partial charge >= 0.3 is 11.9 Å². The molecule has 10 heteroatoms. The first-order valence-electron chi connectivity index (χ1n) is 22.0. The highest BCUT2D eigenvalue weighted by Gasteiger charge is 2.71. The van der Waals surface area contributed by atoms with Crippen LogP contribution in [0.1, 0.15) is 131 Å². The molecule has 5 aliphatic rings. The summed E-state index contributed by atoms with van der Waals surface area (Å²) in [6.45, 7) is 23.5. The summed E-state index contributed by atoms with van der Waals surface area (Å²) in [5.41, 5.74) is 1.92. The lowest BCUT2D eigenvalue weighted by molar-refractivity contribution is -0.890. The standard InChI is InChI=1S/C46H82N2O6.2BrH/c1-33(2)34-18-23-46(32-53-39(51)14-12-26-47(8,9)28-30-49)25-24-44(6)35(41(34)46)16-17-37-43(5)21-20-38(42(3,4)36(43)19-22-45(37,44)7)54-40(52)15-13-27-48(10,11)29-31-50;;/h34-38,41,49-50H,1,12-32H2,2-11H3;2*1H/q+2;;/p-2/t34?,35?,36?,37?,38?,41?,43-,44-,45+,46?;;/m0../s1. The third kappa shape index (κ3) is 9.51. The van der Waals surface area contributed by atoms with Gasteiger partial charge < -0.3 is 62.6 Å². The van der Waals surface area contributed by atoms with Crippen LogP contribution in [0.5, 0.6) is 0 Å². The molecular formula is C46H82Br2N2O6. The lowest BCUT2D eigenvalue weighted by Crippen LogP contribution is -3.00. The van der Waals surface area contributed by atoms with Gasteiger partial charge in [-0.05, 0) is 117 Å². The molecule has 0 bridgehead atoms. The first-order valence-corrected chi connectivity index (χ1v) is 22.0. The highest BCUT2D eigenvalue weighted by molar-refractivity contribution is 5.69. The molecule has 0 aromatic carbocycles. The Bertz CT molecular complexity index is 1370. The van der Waals surface area contributed by atoms with Gasteiger partial charge in [0.15, 0.2) is 0 Å². The van der Waals surface area contributed by atoms with Crippen LogP contribution in [0.4, 0.5) is 0 Å². The summed E-state index contributed by atoms with van der Waals surface area (Å²) in [4.78, 5) is 26.4. The number of quaternary nitrogens is 2. The fraction of sp³-hybridized carbons (Fsp3) is 0.913. The molecule has 0 aliphatic heterocycles. The maximum absolute atomic E-state index is 13.2. The number of halogens is 2. The molecule has 326 valence electrons. The third-order valence-electron chi connectivity index (χ3n) is 17.7. The van der Waals surface area contributed by atoms with Gasteiger partial charge in [-0.2, -0.15) is 0 Å². The van der Waals surface area contributed by atoms with E-state index in [1.54, 1.807) is 0 Å².